The van der Waals surface area contributed by atoms with E-state index in [2.05, 4.69) is 32.2 Å². The van der Waals surface area contributed by atoms with Crippen LogP contribution in [0.3, 0.4) is 0 Å². The highest BCUT2D eigenvalue weighted by Gasteiger charge is 2.64. The van der Waals surface area contributed by atoms with Gasteiger partial charge < -0.3 is 5.32 Å². The predicted octanol–water partition coefficient (Wildman–Crippen LogP) is 5.31. The molecule has 1 amide bonds. The van der Waals surface area contributed by atoms with Crippen LogP contribution in [0.4, 0.5) is 0 Å². The first kappa shape index (κ1) is 24.5. The van der Waals surface area contributed by atoms with Gasteiger partial charge in [-0.05, 0) is 80.1 Å². The zero-order valence-electron chi connectivity index (χ0n) is 21.9. The molecule has 5 aliphatic rings. The fourth-order valence-electron chi connectivity index (χ4n) is 9.32. The third-order valence-corrected chi connectivity index (χ3v) is 11.1. The van der Waals surface area contributed by atoms with Crippen molar-refractivity contribution in [1.29, 1.82) is 5.26 Å². The summed E-state index contributed by atoms with van der Waals surface area (Å²) in [6.45, 7) is 10.6. The van der Waals surface area contributed by atoms with Crippen molar-refractivity contribution in [3.05, 3.63) is 23.3 Å². The maximum atomic E-state index is 14.1. The summed E-state index contributed by atoms with van der Waals surface area (Å²) in [5, 5.41) is 13.1. The summed E-state index contributed by atoms with van der Waals surface area (Å²) in [6.07, 6.45) is 11.1. The molecule has 3 saturated carbocycles. The average Bonchev–Trinajstić information content (AvgIpc) is 2.82. The Labute approximate surface area is 209 Å². The number of amides is 1. The molecule has 1 N–H and O–H groups in total. The minimum Gasteiger partial charge on any atom is -0.350 e. The lowest BCUT2D eigenvalue weighted by Gasteiger charge is -2.63. The maximum Gasteiger partial charge on any atom is 0.220 e. The SMILES string of the molecule is CCC(=O)NC12CCC(C)CC1C1C(=O)C=C3C4(C)C=C(C#N)C(=O)C(C)C4CCC3(C)C1CC2. The smallest absolute Gasteiger partial charge is 0.220 e. The van der Waals surface area contributed by atoms with E-state index in [-0.39, 0.29) is 63.6 Å². The standard InChI is InChI=1S/C30H40N2O3/c1-6-25(34)32-30-11-7-17(2)13-22(30)26-21(9-12-30)28(4)10-8-20-18(3)27(35)19(16-31)15-29(20,5)24(28)14-23(26)33/h14-15,17-18,20-22,26H,6-13H2,1-5H3,(H,32,34). The van der Waals surface area contributed by atoms with Gasteiger partial charge in [-0.1, -0.05) is 46.3 Å². The summed E-state index contributed by atoms with van der Waals surface area (Å²) >= 11 is 0. The molecule has 5 nitrogen and oxygen atoms in total. The number of ketones is 2. The molecule has 0 aromatic heterocycles. The zero-order chi connectivity index (χ0) is 25.3. The number of nitrogens with one attached hydrogen (secondary N) is 1. The van der Waals surface area contributed by atoms with Crippen LogP contribution >= 0.6 is 0 Å². The Morgan fingerprint density at radius 1 is 1.09 bits per heavy atom. The summed E-state index contributed by atoms with van der Waals surface area (Å²) in [5.41, 5.74) is 0.550. The van der Waals surface area contributed by atoms with Gasteiger partial charge >= 0.3 is 0 Å². The summed E-state index contributed by atoms with van der Waals surface area (Å²) in [4.78, 5) is 39.5. The van der Waals surface area contributed by atoms with Gasteiger partial charge in [0.2, 0.25) is 5.91 Å². The molecule has 5 rings (SSSR count). The van der Waals surface area contributed by atoms with Crippen molar-refractivity contribution in [2.75, 3.05) is 0 Å². The van der Waals surface area contributed by atoms with Crippen molar-refractivity contribution in [3.8, 4) is 6.07 Å². The minimum absolute atomic E-state index is 0.0514. The first-order valence-corrected chi connectivity index (χ1v) is 13.8. The number of hydrogen-bond donors (Lipinski definition) is 1. The van der Waals surface area contributed by atoms with Crippen molar-refractivity contribution >= 4 is 17.5 Å². The number of carbonyl (C=O) groups is 3. The van der Waals surface area contributed by atoms with Crippen molar-refractivity contribution in [2.45, 2.75) is 91.5 Å². The van der Waals surface area contributed by atoms with Gasteiger partial charge in [0.25, 0.3) is 0 Å². The quantitative estimate of drug-likeness (QED) is 0.585. The third kappa shape index (κ3) is 3.35. The molecule has 0 aliphatic heterocycles. The number of nitriles is 1. The second-order valence-electron chi connectivity index (χ2n) is 12.8. The minimum atomic E-state index is -0.448. The number of carbonyl (C=O) groups excluding carboxylic acids is 3. The van der Waals surface area contributed by atoms with Crippen LogP contribution in [0.25, 0.3) is 0 Å². The Bertz CT molecular complexity index is 1080. The Morgan fingerprint density at radius 2 is 1.77 bits per heavy atom. The molecule has 9 atom stereocenters. The molecule has 0 bridgehead atoms. The molecular formula is C30H40N2O3. The van der Waals surface area contributed by atoms with E-state index in [0.29, 0.717) is 12.3 Å². The summed E-state index contributed by atoms with van der Waals surface area (Å²) in [5.74, 6) is 1.05. The third-order valence-electron chi connectivity index (χ3n) is 11.1. The van der Waals surface area contributed by atoms with Crippen molar-refractivity contribution < 1.29 is 14.4 Å². The summed E-state index contributed by atoms with van der Waals surface area (Å²) in [6, 6.07) is 2.15. The van der Waals surface area contributed by atoms with Crippen molar-refractivity contribution in [1.82, 2.24) is 5.32 Å². The summed E-state index contributed by atoms with van der Waals surface area (Å²) < 4.78 is 0. The van der Waals surface area contributed by atoms with Crippen LogP contribution in [0.15, 0.2) is 23.3 Å². The molecule has 0 aromatic carbocycles. The Morgan fingerprint density at radius 3 is 2.46 bits per heavy atom. The number of rotatable bonds is 2. The zero-order valence-corrected chi connectivity index (χ0v) is 21.9. The Hall–Kier alpha value is -2.22. The number of Topliss-reactive ketones (excluding diaryl/α,β-unsaturated/α-hetero) is 1. The van der Waals surface area contributed by atoms with E-state index in [4.69, 9.17) is 0 Å². The van der Waals surface area contributed by atoms with Gasteiger partial charge in [0.05, 0.1) is 5.57 Å². The number of nitrogens with zero attached hydrogens (tertiary/aromatic N) is 1. The topological polar surface area (TPSA) is 87.0 Å². The predicted molar refractivity (Wildman–Crippen MR) is 134 cm³/mol. The number of hydrogen-bond acceptors (Lipinski definition) is 4. The highest BCUT2D eigenvalue weighted by molar-refractivity contribution is 6.02. The van der Waals surface area contributed by atoms with Crippen LogP contribution in [0.1, 0.15) is 86.0 Å². The van der Waals surface area contributed by atoms with Gasteiger partial charge in [-0.15, -0.1) is 0 Å². The monoisotopic (exact) mass is 476 g/mol. The molecule has 9 unspecified atom stereocenters. The molecule has 0 saturated heterocycles. The molecule has 5 heteroatoms. The van der Waals surface area contributed by atoms with Crippen LogP contribution < -0.4 is 5.32 Å². The van der Waals surface area contributed by atoms with Crippen LogP contribution in [-0.4, -0.2) is 23.0 Å². The first-order valence-electron chi connectivity index (χ1n) is 13.8. The van der Waals surface area contributed by atoms with E-state index < -0.39 is 5.41 Å². The summed E-state index contributed by atoms with van der Waals surface area (Å²) in [7, 11) is 0. The number of fused-ring (bicyclic) bond motifs is 7. The Kier molecular flexibility index (Phi) is 5.70. The van der Waals surface area contributed by atoms with Crippen LogP contribution in [0.2, 0.25) is 0 Å². The molecular weight excluding hydrogens is 436 g/mol. The average molecular weight is 477 g/mol. The van der Waals surface area contributed by atoms with Gasteiger partial charge in [0.1, 0.15) is 6.07 Å². The van der Waals surface area contributed by atoms with E-state index in [1.807, 2.05) is 26.0 Å². The lowest BCUT2D eigenvalue weighted by Crippen LogP contribution is -2.65. The van der Waals surface area contributed by atoms with Crippen LogP contribution in [0, 0.1) is 57.7 Å². The fraction of sp³-hybridized carbons (Fsp3) is 0.733. The van der Waals surface area contributed by atoms with E-state index in [1.165, 1.54) is 0 Å². The van der Waals surface area contributed by atoms with Crippen LogP contribution in [-0.2, 0) is 14.4 Å². The Balaban J connectivity index is 1.60. The van der Waals surface area contributed by atoms with E-state index in [9.17, 15) is 19.6 Å². The molecule has 0 radical (unpaired) electrons. The molecule has 0 heterocycles. The van der Waals surface area contributed by atoms with Gasteiger partial charge in [-0.2, -0.15) is 5.26 Å². The largest absolute Gasteiger partial charge is 0.350 e. The first-order chi connectivity index (χ1) is 16.5. The molecule has 35 heavy (non-hydrogen) atoms. The van der Waals surface area contributed by atoms with Gasteiger partial charge in [-0.3, -0.25) is 14.4 Å². The van der Waals surface area contributed by atoms with Crippen LogP contribution in [0.5, 0.6) is 0 Å². The molecule has 0 spiro atoms. The highest BCUT2D eigenvalue weighted by atomic mass is 16.2. The second kappa shape index (κ2) is 8.15. The van der Waals surface area contributed by atoms with E-state index in [0.717, 1.165) is 50.5 Å². The second-order valence-corrected chi connectivity index (χ2v) is 12.8. The van der Waals surface area contributed by atoms with Crippen molar-refractivity contribution in [3.63, 3.8) is 0 Å². The number of allylic oxidation sites excluding steroid dienone is 4. The molecule has 5 aliphatic carbocycles. The lowest BCUT2D eigenvalue weighted by atomic mass is 9.41. The maximum absolute atomic E-state index is 14.1. The molecule has 3 fully saturated rings. The van der Waals surface area contributed by atoms with Gasteiger partial charge in [0, 0.05) is 29.2 Å². The highest BCUT2D eigenvalue weighted by Crippen LogP contribution is 2.67. The van der Waals surface area contributed by atoms with E-state index in [1.54, 1.807) is 0 Å². The van der Waals surface area contributed by atoms with Crippen molar-refractivity contribution in [2.24, 2.45) is 46.3 Å². The van der Waals surface area contributed by atoms with Gasteiger partial charge in [-0.25, -0.2) is 0 Å². The normalized spacial score (nSPS) is 46.6. The van der Waals surface area contributed by atoms with E-state index >= 15 is 0 Å². The van der Waals surface area contributed by atoms with Gasteiger partial charge in [0.15, 0.2) is 11.6 Å². The lowest BCUT2D eigenvalue weighted by molar-refractivity contribution is -0.142. The fourth-order valence-corrected chi connectivity index (χ4v) is 9.32. The molecule has 188 valence electrons. The molecule has 0 aromatic rings.